The molecule has 41 heavy (non-hydrogen) atoms. The quantitative estimate of drug-likeness (QED) is 0.156. The third-order valence-corrected chi connectivity index (χ3v) is 6.76. The van der Waals surface area contributed by atoms with Crippen molar-refractivity contribution in [2.75, 3.05) is 0 Å². The van der Waals surface area contributed by atoms with Crippen LogP contribution >= 0.6 is 0 Å². The van der Waals surface area contributed by atoms with E-state index in [1.165, 1.54) is 0 Å². The van der Waals surface area contributed by atoms with Crippen LogP contribution < -0.4 is 0 Å². The Morgan fingerprint density at radius 2 is 1.05 bits per heavy atom. The molecular weight excluding hydrogens is 496 g/mol. The van der Waals surface area contributed by atoms with Gasteiger partial charge in [0.2, 0.25) is 0 Å². The lowest BCUT2D eigenvalue weighted by Gasteiger charge is -2.14. The molecule has 0 amide bonds. The van der Waals surface area contributed by atoms with Gasteiger partial charge in [0.1, 0.15) is 11.2 Å². The van der Waals surface area contributed by atoms with Crippen LogP contribution in [0.3, 0.4) is 0 Å². The molecule has 8 aromatic carbocycles. The number of hydrogen-bond acceptors (Lipinski definition) is 1. The summed E-state index contributed by atoms with van der Waals surface area (Å²) in [6.45, 7) is 0. The van der Waals surface area contributed by atoms with Crippen LogP contribution in [0.2, 0.25) is 0 Å². The second-order valence-corrected chi connectivity index (χ2v) is 9.01. The summed E-state index contributed by atoms with van der Waals surface area (Å²) >= 11 is 0. The van der Waals surface area contributed by atoms with Gasteiger partial charge in [-0.3, -0.25) is 0 Å². The summed E-state index contributed by atoms with van der Waals surface area (Å²) in [6, 6.07) is -19.7. The van der Waals surface area contributed by atoms with Crippen LogP contribution in [0.1, 0.15) is 32.9 Å². The second kappa shape index (κ2) is 8.55. The molecule has 0 N–H and O–H groups in total. The van der Waals surface area contributed by atoms with Gasteiger partial charge in [-0.05, 0) is 89.5 Å². The van der Waals surface area contributed by atoms with E-state index in [1.807, 2.05) is 0 Å². The summed E-state index contributed by atoms with van der Waals surface area (Å²) in [5.74, 6) is 0. The number of benzene rings is 8. The first-order valence-electron chi connectivity index (χ1n) is 24.2. The summed E-state index contributed by atoms with van der Waals surface area (Å²) < 4.78 is 219. The Labute approximate surface area is 270 Å². The highest BCUT2D eigenvalue weighted by Gasteiger charge is 2.15. The van der Waals surface area contributed by atoms with Crippen LogP contribution in [0.4, 0.5) is 0 Å². The first-order chi connectivity index (χ1) is 30.3. The van der Waals surface area contributed by atoms with Crippen molar-refractivity contribution >= 4 is 65.0 Å². The van der Waals surface area contributed by atoms with Crippen molar-refractivity contribution < 1.29 is 37.3 Å². The predicted molar refractivity (Wildman–Crippen MR) is 175 cm³/mol. The standard InChI is InChI=1S/C40H24O/c1-2-10-29-24-38-36(22-28(29)9-1)40-32(14-7-15-37(40)41-38)26-16-18-27(19-17-26)39-33-13-6-4-11-30(33)23-35-31-12-5-3-8-25(31)20-21-34(35)39/h1-24H/i1D,2D,3D,4D,5D,6D,7D,8D,9D,10D,11D,12D,13D,14D,15D,16D,17D,18D,19D,20D,21D,22D,23D,24D. The molecule has 0 atom stereocenters. The zero-order chi connectivity index (χ0) is 47.8. The van der Waals surface area contributed by atoms with E-state index in [4.69, 9.17) is 27.7 Å². The third kappa shape index (κ3) is 3.36. The SMILES string of the molecule is [2H]c1c([2H])c(-c2c([2H])c([2H])c([2H])c3oc4c([2H])c5c([2H])c([2H])c([2H])c([2H])c5c([2H])c4c23)c([2H])c([2H])c1-c1c2c([2H])c([2H])c([2H])c([2H])c2c([2H])c2c1c([2H])c([2H])c1c([2H])c([2H])c([2H])c([2H])c12. The van der Waals surface area contributed by atoms with Crippen molar-refractivity contribution in [1.82, 2.24) is 0 Å². The molecule has 0 radical (unpaired) electrons. The van der Waals surface area contributed by atoms with E-state index in [1.54, 1.807) is 0 Å². The molecule has 0 saturated carbocycles. The monoisotopic (exact) mass is 544 g/mol. The Bertz CT molecular complexity index is 3790. The normalized spacial score (nSPS) is 20.1. The molecule has 0 bridgehead atoms. The molecular formula is C40H24O. The molecule has 1 nitrogen and oxygen atoms in total. The number of hydrogen-bond donors (Lipinski definition) is 0. The molecule has 190 valence electrons. The van der Waals surface area contributed by atoms with Crippen molar-refractivity contribution in [3.05, 3.63) is 145 Å². The van der Waals surface area contributed by atoms with Crippen LogP contribution in [0.25, 0.3) is 87.3 Å². The molecule has 0 aliphatic carbocycles. The lowest BCUT2D eigenvalue weighted by Crippen LogP contribution is -1.88. The minimum Gasteiger partial charge on any atom is -0.456 e. The zero-order valence-electron chi connectivity index (χ0n) is 44.4. The molecule has 9 aromatic rings. The van der Waals surface area contributed by atoms with Gasteiger partial charge in [0.15, 0.2) is 0 Å². The molecule has 1 heteroatoms. The molecule has 0 aliphatic heterocycles. The number of fused-ring (bicyclic) bond motifs is 8. The van der Waals surface area contributed by atoms with Gasteiger partial charge < -0.3 is 4.42 Å². The van der Waals surface area contributed by atoms with Gasteiger partial charge in [-0.15, -0.1) is 0 Å². The largest absolute Gasteiger partial charge is 0.456 e. The summed E-state index contributed by atoms with van der Waals surface area (Å²) in [5, 5.41) is -5.04. The highest BCUT2D eigenvalue weighted by Crippen LogP contribution is 2.42. The maximum atomic E-state index is 9.51. The number of furan rings is 1. The highest BCUT2D eigenvalue weighted by atomic mass is 16.3. The van der Waals surface area contributed by atoms with Gasteiger partial charge in [0.25, 0.3) is 0 Å². The Kier molecular flexibility index (Phi) is 1.94. The van der Waals surface area contributed by atoms with Gasteiger partial charge in [-0.1, -0.05) is 121 Å². The Balaban J connectivity index is 1.53. The van der Waals surface area contributed by atoms with Crippen molar-refractivity contribution in [2.24, 2.45) is 0 Å². The topological polar surface area (TPSA) is 13.1 Å². The maximum absolute atomic E-state index is 9.51. The van der Waals surface area contributed by atoms with E-state index < -0.39 is 232 Å². The van der Waals surface area contributed by atoms with E-state index in [0.717, 1.165) is 0 Å². The minimum atomic E-state index is -1.01. The highest BCUT2D eigenvalue weighted by molar-refractivity contribution is 6.20. The molecule has 1 aromatic heterocycles. The molecule has 0 aliphatic rings. The Morgan fingerprint density at radius 3 is 1.88 bits per heavy atom. The van der Waals surface area contributed by atoms with Crippen LogP contribution in [-0.4, -0.2) is 0 Å². The second-order valence-electron chi connectivity index (χ2n) is 9.01. The van der Waals surface area contributed by atoms with E-state index in [9.17, 15) is 9.60 Å². The van der Waals surface area contributed by atoms with Crippen molar-refractivity contribution in [1.29, 1.82) is 0 Å². The zero-order valence-corrected chi connectivity index (χ0v) is 20.4. The first kappa shape index (κ1) is 9.33. The molecule has 0 fully saturated rings. The molecule has 0 spiro atoms. The van der Waals surface area contributed by atoms with Gasteiger partial charge in [-0.2, -0.15) is 0 Å². The molecule has 0 unspecified atom stereocenters. The van der Waals surface area contributed by atoms with Crippen molar-refractivity contribution in [2.45, 2.75) is 0 Å². The molecule has 0 saturated heterocycles. The van der Waals surface area contributed by atoms with E-state index in [2.05, 4.69) is 0 Å². The first-order valence-corrected chi connectivity index (χ1v) is 12.2. The Morgan fingerprint density at radius 1 is 0.390 bits per heavy atom. The lowest BCUT2D eigenvalue weighted by molar-refractivity contribution is 0.669. The van der Waals surface area contributed by atoms with Gasteiger partial charge in [0, 0.05) is 10.8 Å². The Hall–Kier alpha value is -5.40. The summed E-state index contributed by atoms with van der Waals surface area (Å²) in [4.78, 5) is 0. The lowest BCUT2D eigenvalue weighted by atomic mass is 9.89. The van der Waals surface area contributed by atoms with Crippen LogP contribution in [0.15, 0.2) is 149 Å². The fourth-order valence-corrected chi connectivity index (χ4v) is 4.98. The molecule has 9 rings (SSSR count). The van der Waals surface area contributed by atoms with E-state index >= 15 is 0 Å². The minimum absolute atomic E-state index is 0.419. The summed E-state index contributed by atoms with van der Waals surface area (Å²) in [5.41, 5.74) is -3.84. The maximum Gasteiger partial charge on any atom is 0.136 e. The summed E-state index contributed by atoms with van der Waals surface area (Å²) in [6.07, 6.45) is 0. The predicted octanol–water partition coefficient (Wildman–Crippen LogP) is 11.5. The van der Waals surface area contributed by atoms with Gasteiger partial charge >= 0.3 is 0 Å². The summed E-state index contributed by atoms with van der Waals surface area (Å²) in [7, 11) is 0. The van der Waals surface area contributed by atoms with Crippen LogP contribution in [-0.2, 0) is 0 Å². The average Bonchev–Trinajstić information content (AvgIpc) is 3.68. The smallest absolute Gasteiger partial charge is 0.136 e. The third-order valence-electron chi connectivity index (χ3n) is 6.76. The fraction of sp³-hybridized carbons (Fsp3) is 0. The van der Waals surface area contributed by atoms with E-state index in [0.29, 0.717) is 0 Å². The average molecular weight is 545 g/mol. The van der Waals surface area contributed by atoms with Gasteiger partial charge in [0.05, 0.1) is 32.9 Å². The fourth-order valence-electron chi connectivity index (χ4n) is 4.98. The number of rotatable bonds is 2. The van der Waals surface area contributed by atoms with E-state index in [-0.39, 0.29) is 0 Å². The molecule has 1 heterocycles. The van der Waals surface area contributed by atoms with Crippen molar-refractivity contribution in [3.63, 3.8) is 0 Å². The van der Waals surface area contributed by atoms with Gasteiger partial charge in [-0.25, -0.2) is 0 Å². The van der Waals surface area contributed by atoms with Crippen LogP contribution in [0.5, 0.6) is 0 Å². The van der Waals surface area contributed by atoms with Crippen LogP contribution in [0, 0.1) is 0 Å². The van der Waals surface area contributed by atoms with Crippen molar-refractivity contribution in [3.8, 4) is 22.3 Å².